The van der Waals surface area contributed by atoms with E-state index >= 15 is 0 Å². The average Bonchev–Trinajstić information content (AvgIpc) is 1.62. The molecule has 0 bridgehead atoms. The van der Waals surface area contributed by atoms with Gasteiger partial charge in [0.15, 0.2) is 0 Å². The lowest BCUT2D eigenvalue weighted by Crippen LogP contribution is -2.55. The lowest BCUT2D eigenvalue weighted by atomic mass is 10.1. The summed E-state index contributed by atoms with van der Waals surface area (Å²) in [5.41, 5.74) is 9.92. The van der Waals surface area contributed by atoms with Crippen LogP contribution in [0.4, 0.5) is 11.6 Å². The van der Waals surface area contributed by atoms with Gasteiger partial charge in [-0.2, -0.15) is 5.21 Å². The number of nitrogens with one attached hydrogen (secondary N) is 3. The van der Waals surface area contributed by atoms with Crippen LogP contribution in [-0.2, 0) is 14.4 Å². The second-order valence-corrected chi connectivity index (χ2v) is 29.7. The molecular formula is C78H68Cl7N19O10. The van der Waals surface area contributed by atoms with Gasteiger partial charge in [-0.3, -0.25) is 14.9 Å². The van der Waals surface area contributed by atoms with E-state index in [1.165, 1.54) is 37.9 Å². The molecule has 3 aliphatic carbocycles. The minimum atomic E-state index is -0.883. The van der Waals surface area contributed by atoms with Gasteiger partial charge in [-0.05, 0) is 160 Å². The second-order valence-electron chi connectivity index (χ2n) is 26.9. The zero-order chi connectivity index (χ0) is 79.4. The van der Waals surface area contributed by atoms with Gasteiger partial charge in [0.25, 0.3) is 0 Å². The number of ether oxygens (including phenoxy) is 3. The number of carboxylic acid groups (broad SMARTS) is 3. The maximum Gasteiger partial charge on any atom is 0.327 e. The summed E-state index contributed by atoms with van der Waals surface area (Å²) in [6, 6.07) is 35.3. The van der Waals surface area contributed by atoms with E-state index in [1.807, 2.05) is 89.8 Å². The summed E-state index contributed by atoms with van der Waals surface area (Å²) in [6.07, 6.45) is 19.9. The van der Waals surface area contributed by atoms with E-state index in [2.05, 4.69) is 86.1 Å². The van der Waals surface area contributed by atoms with Gasteiger partial charge in [-0.15, -0.1) is 10.2 Å². The molecular weight excluding hydrogens is 1610 g/mol. The smallest absolute Gasteiger partial charge is 0.327 e. The number of anilines is 2. The number of rotatable bonds is 19. The molecule has 4 unspecified atom stereocenters. The molecule has 3 saturated carbocycles. The van der Waals surface area contributed by atoms with Crippen molar-refractivity contribution < 1.29 is 48.3 Å². The number of carbonyl (C=O) groups is 3. The molecule has 6 aliphatic rings. The molecule has 3 aliphatic heterocycles. The summed E-state index contributed by atoms with van der Waals surface area (Å²) in [4.78, 5) is 83.8. The lowest BCUT2D eigenvalue weighted by molar-refractivity contribution is -0.141. The first-order chi connectivity index (χ1) is 55.3. The fourth-order valence-corrected chi connectivity index (χ4v) is 13.4. The standard InChI is InChI=1S/C18H18ClN3O3.C16H12ClN3O2.C15H14Cl2N4O2.C15H13Cl2N3O2.C14H11ClN6O/c19-12-7-10(1-6-17(12)25-11-2-3-11)15-8-16(21-9-20-15)13-4-5-14(22-13)18(23)24;17-12-7-10(1-4-15(12)22-11-2-3-11)13-8-14(20-9-19-13)16-18-5-6-21-16;16-10-2-1-9(5-11(10)17)12-6-14(20-8-19-12)21-4-3-18-7-13(21)15(22)23;16-11-2-1-9(5-12(11)17)13-6-14(19-8-18-13)20-4-3-10(7-20)15(21)22;15-10-5-8(1-4-13(10)22-9-2-3-9)11-6-12(17-7-16-11)14-18-20-21-19-14/h1,6-9,11,13-14,22H,2-5H2,(H,23,24);1,4-9,11H,2-3H2;1-2,5-6,8,13,18H,3-4,7H2,(H,22,23);1-2,5-6,8,10H,3-4,7H2,(H,21,22);1,4-7,9H,2-3H2,(H,18,19,20,21). The molecule has 29 nitrogen and oxygen atoms in total. The topological polar surface area (TPSA) is 380 Å². The Morgan fingerprint density at radius 1 is 0.447 bits per heavy atom. The van der Waals surface area contributed by atoms with Crippen molar-refractivity contribution in [3.05, 3.63) is 206 Å². The van der Waals surface area contributed by atoms with Gasteiger partial charge in [-0.25, -0.2) is 59.6 Å². The molecule has 6 N–H and O–H groups in total. The van der Waals surface area contributed by atoms with Crippen molar-refractivity contribution in [2.45, 2.75) is 94.2 Å². The van der Waals surface area contributed by atoms with Crippen LogP contribution >= 0.6 is 81.2 Å². The summed E-state index contributed by atoms with van der Waals surface area (Å²) in [5, 5.41) is 51.1. The summed E-state index contributed by atoms with van der Waals surface area (Å²) in [6.45, 7) is 2.79. The number of hydrogen-bond donors (Lipinski definition) is 6. The number of tetrazole rings is 1. The molecule has 7 aromatic heterocycles. The number of halogens is 7. The predicted molar refractivity (Wildman–Crippen MR) is 428 cm³/mol. The second kappa shape index (κ2) is 37.0. The number of benzene rings is 5. The zero-order valence-corrected chi connectivity index (χ0v) is 65.3. The fraction of sp³-hybridized carbons (Fsp3) is 0.269. The average molecular weight is 1680 g/mol. The van der Waals surface area contributed by atoms with Crippen molar-refractivity contribution >= 4 is 111 Å². The van der Waals surface area contributed by atoms with Gasteiger partial charge < -0.3 is 49.1 Å². The number of carboxylic acids is 3. The molecule has 18 rings (SSSR count). The Bertz CT molecular complexity index is 5270. The Balaban J connectivity index is 0.000000118. The molecule has 36 heteroatoms. The Morgan fingerprint density at radius 3 is 1.39 bits per heavy atom. The number of H-pyrrole nitrogens is 1. The van der Waals surface area contributed by atoms with E-state index in [1.54, 1.807) is 47.5 Å². The molecule has 114 heavy (non-hydrogen) atoms. The normalized spacial score (nSPS) is 17.5. The Morgan fingerprint density at radius 2 is 0.921 bits per heavy atom. The summed E-state index contributed by atoms with van der Waals surface area (Å²) >= 11 is 42.8. The van der Waals surface area contributed by atoms with Crippen LogP contribution in [0.25, 0.3) is 79.4 Å². The molecule has 10 heterocycles. The third-order valence-corrected chi connectivity index (χ3v) is 21.0. The number of oxazole rings is 1. The number of nitrogens with zero attached hydrogens (tertiary/aromatic N) is 16. The van der Waals surface area contributed by atoms with Crippen LogP contribution < -0.4 is 34.6 Å². The Labute approximate surface area is 686 Å². The van der Waals surface area contributed by atoms with Crippen molar-refractivity contribution in [3.63, 3.8) is 0 Å². The maximum absolute atomic E-state index is 11.4. The van der Waals surface area contributed by atoms with E-state index in [0.717, 1.165) is 113 Å². The summed E-state index contributed by atoms with van der Waals surface area (Å²) in [7, 11) is 0. The van der Waals surface area contributed by atoms with Gasteiger partial charge in [0, 0.05) is 72.7 Å². The highest BCUT2D eigenvalue weighted by atomic mass is 35.5. The van der Waals surface area contributed by atoms with E-state index in [-0.39, 0.29) is 12.0 Å². The minimum absolute atomic E-state index is 0.0733. The highest BCUT2D eigenvalue weighted by molar-refractivity contribution is 6.42. The van der Waals surface area contributed by atoms with Crippen LogP contribution in [0.3, 0.4) is 0 Å². The minimum Gasteiger partial charge on any atom is -0.489 e. The van der Waals surface area contributed by atoms with Crippen molar-refractivity contribution in [2.75, 3.05) is 42.5 Å². The highest BCUT2D eigenvalue weighted by Crippen LogP contribution is 2.40. The fourth-order valence-electron chi connectivity index (χ4n) is 12.2. The van der Waals surface area contributed by atoms with E-state index in [9.17, 15) is 19.5 Å². The SMILES string of the molecule is Clc1cc(-c2cc(-c3ncco3)ncn2)ccc1OC1CC1.Clc1cc(-c2cc(-c3nn[nH]n3)ncn2)ccc1OC1CC1.O=C(O)C1CCC(c2cc(-c3ccc(OC4CC4)c(Cl)c3)ncn2)N1.O=C(O)C1CCN(c2cc(-c3ccc(Cl)c(Cl)c3)ncn2)C1.O=C(O)C1CNCCN1c1cc(-c2ccc(Cl)c(Cl)c2)ncn1. The number of aromatic nitrogens is 15. The first-order valence-corrected chi connectivity index (χ1v) is 38.6. The molecule has 0 amide bonds. The molecule has 12 aromatic rings. The molecule has 584 valence electrons. The first kappa shape index (κ1) is 79.8. The van der Waals surface area contributed by atoms with Crippen LogP contribution in [0.2, 0.25) is 35.2 Å². The van der Waals surface area contributed by atoms with Crippen LogP contribution in [-0.4, -0.2) is 172 Å². The van der Waals surface area contributed by atoms with Crippen LogP contribution in [0.5, 0.6) is 17.2 Å². The first-order valence-electron chi connectivity index (χ1n) is 36.0. The highest BCUT2D eigenvalue weighted by Gasteiger charge is 2.34. The van der Waals surface area contributed by atoms with Crippen molar-refractivity contribution in [3.8, 4) is 96.6 Å². The lowest BCUT2D eigenvalue weighted by Gasteiger charge is -2.34. The van der Waals surface area contributed by atoms with Gasteiger partial charge in [-0.1, -0.05) is 93.3 Å². The molecule has 0 radical (unpaired) electrons. The predicted octanol–water partition coefficient (Wildman–Crippen LogP) is 15.4. The molecule has 4 atom stereocenters. The maximum atomic E-state index is 11.4. The van der Waals surface area contributed by atoms with E-state index < -0.39 is 30.0 Å². The Hall–Kier alpha value is -10.9. The molecule has 5 aromatic carbocycles. The van der Waals surface area contributed by atoms with Crippen LogP contribution in [0.15, 0.2) is 170 Å². The van der Waals surface area contributed by atoms with Gasteiger partial charge in [0.2, 0.25) is 11.7 Å². The van der Waals surface area contributed by atoms with Crippen LogP contribution in [0, 0.1) is 5.92 Å². The quantitative estimate of drug-likeness (QED) is 0.0438. The van der Waals surface area contributed by atoms with Gasteiger partial charge >= 0.3 is 17.9 Å². The van der Waals surface area contributed by atoms with Crippen LogP contribution in [0.1, 0.15) is 69.5 Å². The summed E-state index contributed by atoms with van der Waals surface area (Å²) in [5.74, 6) is 1.49. The van der Waals surface area contributed by atoms with Gasteiger partial charge in [0.1, 0.15) is 90.3 Å². The third-order valence-electron chi connectivity index (χ3n) is 18.6. The monoisotopic (exact) mass is 1680 g/mol. The number of aliphatic carboxylic acids is 3. The van der Waals surface area contributed by atoms with Crippen molar-refractivity contribution in [1.82, 2.24) is 86.1 Å². The van der Waals surface area contributed by atoms with E-state index in [0.29, 0.717) is 145 Å². The third kappa shape index (κ3) is 20.9. The largest absolute Gasteiger partial charge is 0.489 e. The van der Waals surface area contributed by atoms with E-state index in [4.69, 9.17) is 110 Å². The summed E-state index contributed by atoms with van der Waals surface area (Å²) < 4.78 is 22.5. The number of hydrogen-bond acceptors (Lipinski definition) is 25. The zero-order valence-electron chi connectivity index (χ0n) is 60.0. The Kier molecular flexibility index (Phi) is 25.9. The van der Waals surface area contributed by atoms with Crippen molar-refractivity contribution in [1.29, 1.82) is 0 Å². The molecule has 0 spiro atoms. The molecule has 3 saturated heterocycles. The number of piperazine rings is 1. The number of aromatic amines is 1. The van der Waals surface area contributed by atoms with Crippen molar-refractivity contribution in [2.24, 2.45) is 5.92 Å². The van der Waals surface area contributed by atoms with Gasteiger partial charge in [0.05, 0.1) is 106 Å². The molecule has 6 fully saturated rings.